The highest BCUT2D eigenvalue weighted by molar-refractivity contribution is 5.84. The second-order valence-corrected chi connectivity index (χ2v) is 10.3. The SMILES string of the molecule is COc1cc2c(cc1CC(=O)O)nc(Nc1ccc(OC(F)(F)F)cc1)n2[C@@H]1C[C@H](C)CC(C)(C)C1. The van der Waals surface area contributed by atoms with Crippen molar-refractivity contribution < 1.29 is 32.5 Å². The van der Waals surface area contributed by atoms with Crippen LogP contribution in [0.1, 0.15) is 51.6 Å². The van der Waals surface area contributed by atoms with Crippen LogP contribution in [-0.2, 0) is 11.2 Å². The number of carboxylic acid groups (broad SMARTS) is 1. The summed E-state index contributed by atoms with van der Waals surface area (Å²) in [5, 5.41) is 12.6. The minimum atomic E-state index is -4.76. The summed E-state index contributed by atoms with van der Waals surface area (Å²) in [6.45, 7) is 6.71. The van der Waals surface area contributed by atoms with Gasteiger partial charge in [0.25, 0.3) is 0 Å². The maximum Gasteiger partial charge on any atom is 0.573 e. The molecule has 1 aliphatic rings. The number of fused-ring (bicyclic) bond motifs is 1. The summed E-state index contributed by atoms with van der Waals surface area (Å²) >= 11 is 0. The number of benzene rings is 2. The van der Waals surface area contributed by atoms with Crippen molar-refractivity contribution in [3.05, 3.63) is 42.0 Å². The highest BCUT2D eigenvalue weighted by Crippen LogP contribution is 2.46. The summed E-state index contributed by atoms with van der Waals surface area (Å²) in [7, 11) is 1.50. The molecule has 1 aliphatic carbocycles. The van der Waals surface area contributed by atoms with Crippen molar-refractivity contribution in [1.82, 2.24) is 9.55 Å². The summed E-state index contributed by atoms with van der Waals surface area (Å²) in [5.74, 6) is 0.186. The Bertz CT molecular complexity index is 1250. The van der Waals surface area contributed by atoms with Crippen molar-refractivity contribution in [3.63, 3.8) is 0 Å². The number of hydrogen-bond acceptors (Lipinski definition) is 5. The Balaban J connectivity index is 1.78. The number of halogens is 3. The summed E-state index contributed by atoms with van der Waals surface area (Å²) < 4.78 is 49.2. The van der Waals surface area contributed by atoms with Crippen molar-refractivity contribution in [1.29, 1.82) is 0 Å². The zero-order valence-electron chi connectivity index (χ0n) is 20.6. The number of aliphatic carboxylic acids is 1. The van der Waals surface area contributed by atoms with Gasteiger partial charge in [0.2, 0.25) is 5.95 Å². The van der Waals surface area contributed by atoms with Gasteiger partial charge in [0.15, 0.2) is 0 Å². The van der Waals surface area contributed by atoms with Crippen LogP contribution in [0.3, 0.4) is 0 Å². The Morgan fingerprint density at radius 2 is 1.92 bits per heavy atom. The molecule has 0 aliphatic heterocycles. The molecule has 1 saturated carbocycles. The number of imidazole rings is 1. The summed E-state index contributed by atoms with van der Waals surface area (Å²) in [4.78, 5) is 16.2. The first-order valence-electron chi connectivity index (χ1n) is 11.8. The van der Waals surface area contributed by atoms with Gasteiger partial charge in [0, 0.05) is 23.4 Å². The van der Waals surface area contributed by atoms with E-state index in [1.165, 1.54) is 31.4 Å². The molecule has 0 bridgehead atoms. The molecule has 1 fully saturated rings. The number of rotatable bonds is 7. The fraction of sp³-hybridized carbons (Fsp3) is 0.462. The minimum Gasteiger partial charge on any atom is -0.496 e. The second-order valence-electron chi connectivity index (χ2n) is 10.3. The number of anilines is 2. The normalized spacial score (nSPS) is 19.8. The van der Waals surface area contributed by atoms with Gasteiger partial charge in [-0.3, -0.25) is 4.79 Å². The Hall–Kier alpha value is -3.43. The summed E-state index contributed by atoms with van der Waals surface area (Å²) in [6.07, 6.45) is -2.02. The van der Waals surface area contributed by atoms with Crippen LogP contribution < -0.4 is 14.8 Å². The number of carboxylic acids is 1. The van der Waals surface area contributed by atoms with Crippen molar-refractivity contribution in [2.75, 3.05) is 12.4 Å². The number of carbonyl (C=O) groups is 1. The largest absolute Gasteiger partial charge is 0.573 e. The van der Waals surface area contributed by atoms with Crippen LogP contribution in [0.15, 0.2) is 36.4 Å². The Labute approximate surface area is 207 Å². The van der Waals surface area contributed by atoms with Crippen LogP contribution in [0.4, 0.5) is 24.8 Å². The van der Waals surface area contributed by atoms with E-state index >= 15 is 0 Å². The number of nitrogens with zero attached hydrogens (tertiary/aromatic N) is 2. The molecular weight excluding hydrogens is 475 g/mol. The van der Waals surface area contributed by atoms with Crippen molar-refractivity contribution in [2.45, 2.75) is 58.9 Å². The van der Waals surface area contributed by atoms with Crippen LogP contribution in [-0.4, -0.2) is 34.1 Å². The van der Waals surface area contributed by atoms with Crippen LogP contribution in [0.2, 0.25) is 0 Å². The molecule has 0 unspecified atom stereocenters. The molecule has 0 amide bonds. The standard InChI is InChI=1S/C26H30F3N3O4/c1-15-9-18(14-25(2,3)13-15)32-21-12-22(35-4)16(11-23(33)34)10-20(21)31-24(32)30-17-5-7-19(8-6-17)36-26(27,28)29/h5-8,10,12,15,18H,9,11,13-14H2,1-4H3,(H,30,31)(H,33,34)/t15-,18+/m0/s1. The lowest BCUT2D eigenvalue weighted by molar-refractivity contribution is -0.274. The fourth-order valence-electron chi connectivity index (χ4n) is 5.48. The molecule has 1 aromatic heterocycles. The first kappa shape index (κ1) is 25.7. The zero-order chi connectivity index (χ0) is 26.3. The number of alkyl halides is 3. The molecule has 2 aromatic carbocycles. The third kappa shape index (κ3) is 5.85. The molecule has 1 heterocycles. The lowest BCUT2D eigenvalue weighted by atomic mass is 9.70. The lowest BCUT2D eigenvalue weighted by Gasteiger charge is -2.40. The van der Waals surface area contributed by atoms with Gasteiger partial charge in [-0.1, -0.05) is 20.8 Å². The molecule has 0 radical (unpaired) electrons. The van der Waals surface area contributed by atoms with E-state index in [2.05, 4.69) is 35.4 Å². The quantitative estimate of drug-likeness (QED) is 0.372. The Morgan fingerprint density at radius 3 is 2.50 bits per heavy atom. The molecular formula is C26H30F3N3O4. The first-order valence-corrected chi connectivity index (χ1v) is 11.8. The number of hydrogen-bond donors (Lipinski definition) is 2. The molecule has 10 heteroatoms. The monoisotopic (exact) mass is 505 g/mol. The van der Waals surface area contributed by atoms with Crippen molar-refractivity contribution >= 4 is 28.6 Å². The molecule has 3 aromatic rings. The first-order chi connectivity index (χ1) is 16.8. The minimum absolute atomic E-state index is 0.110. The Kier molecular flexibility index (Phi) is 6.81. The fourth-order valence-corrected chi connectivity index (χ4v) is 5.48. The average Bonchev–Trinajstić information content (AvgIpc) is 3.08. The molecule has 2 N–H and O–H groups in total. The summed E-state index contributed by atoms with van der Waals surface area (Å²) in [5.41, 5.74) is 2.58. The number of aromatic nitrogens is 2. The van der Waals surface area contributed by atoms with Crippen molar-refractivity contribution in [3.8, 4) is 11.5 Å². The smallest absolute Gasteiger partial charge is 0.496 e. The van der Waals surface area contributed by atoms with Gasteiger partial charge in [-0.2, -0.15) is 0 Å². The molecule has 194 valence electrons. The van der Waals surface area contributed by atoms with E-state index in [1.54, 1.807) is 6.07 Å². The van der Waals surface area contributed by atoms with E-state index in [0.29, 0.717) is 34.4 Å². The topological polar surface area (TPSA) is 85.6 Å². The van der Waals surface area contributed by atoms with Gasteiger partial charge >= 0.3 is 12.3 Å². The van der Waals surface area contributed by atoms with Crippen LogP contribution in [0, 0.1) is 11.3 Å². The zero-order valence-corrected chi connectivity index (χ0v) is 20.6. The third-order valence-corrected chi connectivity index (χ3v) is 6.51. The molecule has 2 atom stereocenters. The molecule has 0 saturated heterocycles. The molecule has 7 nitrogen and oxygen atoms in total. The lowest BCUT2D eigenvalue weighted by Crippen LogP contribution is -2.29. The highest BCUT2D eigenvalue weighted by atomic mass is 19.4. The number of ether oxygens (including phenoxy) is 2. The number of methoxy groups -OCH3 is 1. The molecule has 0 spiro atoms. The Morgan fingerprint density at radius 1 is 1.22 bits per heavy atom. The second kappa shape index (κ2) is 9.55. The van der Waals surface area contributed by atoms with E-state index in [1.807, 2.05) is 6.07 Å². The van der Waals surface area contributed by atoms with E-state index in [0.717, 1.165) is 24.8 Å². The highest BCUT2D eigenvalue weighted by Gasteiger charge is 2.35. The van der Waals surface area contributed by atoms with Crippen LogP contribution in [0.5, 0.6) is 11.5 Å². The van der Waals surface area contributed by atoms with E-state index in [4.69, 9.17) is 9.72 Å². The third-order valence-electron chi connectivity index (χ3n) is 6.51. The van der Waals surface area contributed by atoms with Crippen LogP contribution >= 0.6 is 0 Å². The van der Waals surface area contributed by atoms with Gasteiger partial charge in [-0.05, 0) is 60.9 Å². The van der Waals surface area contributed by atoms with E-state index in [-0.39, 0.29) is 23.6 Å². The van der Waals surface area contributed by atoms with Gasteiger partial charge in [0.1, 0.15) is 11.5 Å². The van der Waals surface area contributed by atoms with E-state index < -0.39 is 12.3 Å². The summed E-state index contributed by atoms with van der Waals surface area (Å²) in [6, 6.07) is 9.12. The van der Waals surface area contributed by atoms with Gasteiger partial charge in [-0.15, -0.1) is 13.2 Å². The van der Waals surface area contributed by atoms with Crippen molar-refractivity contribution in [2.24, 2.45) is 11.3 Å². The van der Waals surface area contributed by atoms with E-state index in [9.17, 15) is 23.1 Å². The van der Waals surface area contributed by atoms with Gasteiger partial charge in [-0.25, -0.2) is 4.98 Å². The van der Waals surface area contributed by atoms with Gasteiger partial charge < -0.3 is 24.5 Å². The predicted molar refractivity (Wildman–Crippen MR) is 130 cm³/mol. The number of nitrogens with one attached hydrogen (secondary N) is 1. The molecule has 4 rings (SSSR count). The van der Waals surface area contributed by atoms with Crippen LogP contribution in [0.25, 0.3) is 11.0 Å². The maximum absolute atomic E-state index is 12.5. The maximum atomic E-state index is 12.5. The predicted octanol–water partition coefficient (Wildman–Crippen LogP) is 6.70. The molecule has 36 heavy (non-hydrogen) atoms. The van der Waals surface area contributed by atoms with Gasteiger partial charge in [0.05, 0.1) is 24.6 Å². The average molecular weight is 506 g/mol.